The summed E-state index contributed by atoms with van der Waals surface area (Å²) in [4.78, 5) is 26.2. The van der Waals surface area contributed by atoms with Gasteiger partial charge in [-0.1, -0.05) is 20.3 Å². The number of rotatable bonds is 3. The summed E-state index contributed by atoms with van der Waals surface area (Å²) < 4.78 is 4.80. The third-order valence-electron chi connectivity index (χ3n) is 5.07. The highest BCUT2D eigenvalue weighted by Crippen LogP contribution is 2.49. The summed E-state index contributed by atoms with van der Waals surface area (Å²) in [5.41, 5.74) is -0.487. The van der Waals surface area contributed by atoms with Gasteiger partial charge in [0, 0.05) is 13.1 Å². The van der Waals surface area contributed by atoms with Crippen molar-refractivity contribution in [3.63, 3.8) is 0 Å². The first-order chi connectivity index (χ1) is 8.97. The molecule has 4 heteroatoms. The highest BCUT2D eigenvalue weighted by Gasteiger charge is 2.59. The van der Waals surface area contributed by atoms with Crippen molar-refractivity contribution in [2.75, 3.05) is 20.2 Å². The van der Waals surface area contributed by atoms with Crippen LogP contribution in [0.3, 0.4) is 0 Å². The average molecular weight is 267 g/mol. The molecule has 2 rings (SSSR count). The van der Waals surface area contributed by atoms with E-state index in [-0.39, 0.29) is 11.9 Å². The molecular formula is C15H25NO3. The first-order valence-corrected chi connectivity index (χ1v) is 7.35. The summed E-state index contributed by atoms with van der Waals surface area (Å²) in [6.07, 6.45) is 5.69. The van der Waals surface area contributed by atoms with Gasteiger partial charge in [-0.25, -0.2) is 0 Å². The zero-order valence-corrected chi connectivity index (χ0v) is 12.3. The van der Waals surface area contributed by atoms with E-state index in [1.54, 1.807) is 0 Å². The van der Waals surface area contributed by atoms with E-state index >= 15 is 0 Å². The summed E-state index contributed by atoms with van der Waals surface area (Å²) in [6.45, 7) is 6.08. The normalized spacial score (nSPS) is 29.5. The van der Waals surface area contributed by atoms with Crippen LogP contribution in [-0.4, -0.2) is 37.0 Å². The molecule has 0 unspecified atom stereocenters. The number of hydrogen-bond donors (Lipinski definition) is 0. The zero-order chi connectivity index (χ0) is 14.1. The van der Waals surface area contributed by atoms with Crippen LogP contribution in [0.1, 0.15) is 52.4 Å². The van der Waals surface area contributed by atoms with Crippen molar-refractivity contribution < 1.29 is 14.3 Å². The van der Waals surface area contributed by atoms with Crippen LogP contribution in [0.25, 0.3) is 0 Å². The predicted octanol–water partition coefficient (Wildman–Crippen LogP) is 2.37. The molecule has 2 fully saturated rings. The predicted molar refractivity (Wildman–Crippen MR) is 72.5 cm³/mol. The summed E-state index contributed by atoms with van der Waals surface area (Å²) in [7, 11) is 1.37. The van der Waals surface area contributed by atoms with Crippen molar-refractivity contribution in [1.82, 2.24) is 4.90 Å². The first kappa shape index (κ1) is 14.4. The van der Waals surface area contributed by atoms with Gasteiger partial charge >= 0.3 is 5.97 Å². The maximum Gasteiger partial charge on any atom is 0.321 e. The van der Waals surface area contributed by atoms with Crippen LogP contribution in [0, 0.1) is 10.8 Å². The van der Waals surface area contributed by atoms with Crippen LogP contribution in [0.2, 0.25) is 0 Å². The summed E-state index contributed by atoms with van der Waals surface area (Å²) >= 11 is 0. The molecule has 0 aromatic carbocycles. The molecule has 0 radical (unpaired) electrons. The van der Waals surface area contributed by atoms with Crippen LogP contribution in [0.15, 0.2) is 0 Å². The molecule has 1 aliphatic heterocycles. The van der Waals surface area contributed by atoms with Crippen LogP contribution < -0.4 is 0 Å². The number of likely N-dealkylation sites (tertiary alicyclic amines) is 1. The zero-order valence-electron chi connectivity index (χ0n) is 12.3. The van der Waals surface area contributed by atoms with Gasteiger partial charge in [-0.2, -0.15) is 0 Å². The van der Waals surface area contributed by atoms with E-state index in [4.69, 9.17) is 4.74 Å². The van der Waals surface area contributed by atoms with Gasteiger partial charge in [0.1, 0.15) is 5.41 Å². The molecular weight excluding hydrogens is 242 g/mol. The maximum absolute atomic E-state index is 12.6. The molecule has 1 heterocycles. The summed E-state index contributed by atoms with van der Waals surface area (Å²) in [6, 6.07) is 0. The second kappa shape index (κ2) is 5.14. The van der Waals surface area contributed by atoms with Gasteiger partial charge < -0.3 is 9.64 Å². The Morgan fingerprint density at radius 2 is 1.84 bits per heavy atom. The molecule has 0 N–H and O–H groups in total. The van der Waals surface area contributed by atoms with Crippen LogP contribution in [0.4, 0.5) is 0 Å². The molecule has 1 saturated heterocycles. The lowest BCUT2D eigenvalue weighted by Gasteiger charge is -2.27. The van der Waals surface area contributed by atoms with Crippen molar-refractivity contribution in [1.29, 1.82) is 0 Å². The molecule has 0 bridgehead atoms. The Bertz CT molecular complexity index is 376. The highest BCUT2D eigenvalue weighted by atomic mass is 16.5. The fourth-order valence-electron chi connectivity index (χ4n) is 3.02. The molecule has 2 aliphatic rings. The van der Waals surface area contributed by atoms with E-state index in [2.05, 4.69) is 13.8 Å². The Labute approximate surface area is 115 Å². The van der Waals surface area contributed by atoms with E-state index in [1.807, 2.05) is 4.90 Å². The Hall–Kier alpha value is -1.06. The van der Waals surface area contributed by atoms with Gasteiger partial charge in [0.25, 0.3) is 0 Å². The van der Waals surface area contributed by atoms with Gasteiger partial charge in [-0.3, -0.25) is 9.59 Å². The molecule has 19 heavy (non-hydrogen) atoms. The topological polar surface area (TPSA) is 46.6 Å². The number of hydrogen-bond acceptors (Lipinski definition) is 3. The lowest BCUT2D eigenvalue weighted by molar-refractivity contribution is -0.156. The fraction of sp³-hybridized carbons (Fsp3) is 0.867. The Morgan fingerprint density at radius 1 is 1.16 bits per heavy atom. The molecule has 0 spiro atoms. The number of ether oxygens (including phenoxy) is 1. The largest absolute Gasteiger partial charge is 0.468 e. The third-order valence-corrected chi connectivity index (χ3v) is 5.07. The minimum atomic E-state index is -0.832. The molecule has 0 aromatic heterocycles. The van der Waals surface area contributed by atoms with Gasteiger partial charge in [0.05, 0.1) is 7.11 Å². The minimum Gasteiger partial charge on any atom is -0.468 e. The first-order valence-electron chi connectivity index (χ1n) is 7.35. The summed E-state index contributed by atoms with van der Waals surface area (Å²) in [5, 5.41) is 0. The number of esters is 1. The number of amides is 1. The van der Waals surface area contributed by atoms with Crippen molar-refractivity contribution in [3.8, 4) is 0 Å². The fourth-order valence-corrected chi connectivity index (χ4v) is 3.02. The van der Waals surface area contributed by atoms with Gasteiger partial charge in [0.2, 0.25) is 5.91 Å². The van der Waals surface area contributed by atoms with E-state index in [0.717, 1.165) is 32.4 Å². The maximum atomic E-state index is 12.6. The molecule has 1 saturated carbocycles. The average Bonchev–Trinajstić information content (AvgIpc) is 3.23. The number of nitrogens with zero attached hydrogens (tertiary/aromatic N) is 1. The standard InChI is InChI=1S/C15H25NO3/c1-4-14(2)6-5-10-16(11-9-14)12(17)15(7-8-15)13(18)19-3/h4-11H2,1-3H3/t14-/m1/s1. The van der Waals surface area contributed by atoms with Crippen molar-refractivity contribution in [2.24, 2.45) is 10.8 Å². The van der Waals surface area contributed by atoms with Gasteiger partial charge in [-0.15, -0.1) is 0 Å². The van der Waals surface area contributed by atoms with Crippen molar-refractivity contribution >= 4 is 11.9 Å². The highest BCUT2D eigenvalue weighted by molar-refractivity contribution is 6.05. The molecule has 1 atom stereocenters. The summed E-state index contributed by atoms with van der Waals surface area (Å²) in [5.74, 6) is -0.347. The van der Waals surface area contributed by atoms with E-state index in [1.165, 1.54) is 13.5 Å². The molecule has 108 valence electrons. The van der Waals surface area contributed by atoms with E-state index in [0.29, 0.717) is 18.3 Å². The molecule has 1 aliphatic carbocycles. The second-order valence-corrected chi connectivity index (χ2v) is 6.38. The number of carbonyl (C=O) groups excluding carboxylic acids is 2. The number of carbonyl (C=O) groups is 2. The van der Waals surface area contributed by atoms with E-state index < -0.39 is 5.41 Å². The van der Waals surface area contributed by atoms with Gasteiger partial charge in [-0.05, 0) is 37.5 Å². The monoisotopic (exact) mass is 267 g/mol. The lowest BCUT2D eigenvalue weighted by atomic mass is 9.80. The smallest absolute Gasteiger partial charge is 0.321 e. The van der Waals surface area contributed by atoms with Crippen LogP contribution in [0.5, 0.6) is 0 Å². The molecule has 1 amide bonds. The van der Waals surface area contributed by atoms with Gasteiger partial charge in [0.15, 0.2) is 0 Å². The SMILES string of the molecule is CC[C@]1(C)CCCN(C(=O)C2(C(=O)OC)CC2)CC1. The molecule has 0 aromatic rings. The second-order valence-electron chi connectivity index (χ2n) is 6.38. The van der Waals surface area contributed by atoms with Crippen LogP contribution >= 0.6 is 0 Å². The lowest BCUT2D eigenvalue weighted by Crippen LogP contribution is -2.42. The number of methoxy groups -OCH3 is 1. The Balaban J connectivity index is 2.03. The minimum absolute atomic E-state index is 0.000275. The molecule has 4 nitrogen and oxygen atoms in total. The quantitative estimate of drug-likeness (QED) is 0.582. The Kier molecular flexibility index (Phi) is 3.88. The van der Waals surface area contributed by atoms with Crippen LogP contribution in [-0.2, 0) is 14.3 Å². The van der Waals surface area contributed by atoms with E-state index in [9.17, 15) is 9.59 Å². The van der Waals surface area contributed by atoms with Crippen molar-refractivity contribution in [2.45, 2.75) is 52.4 Å². The van der Waals surface area contributed by atoms with Crippen molar-refractivity contribution in [3.05, 3.63) is 0 Å². The third kappa shape index (κ3) is 2.63. The Morgan fingerprint density at radius 3 is 2.37 bits per heavy atom.